The second-order valence-corrected chi connectivity index (χ2v) is 6.23. The van der Waals surface area contributed by atoms with Crippen molar-refractivity contribution >= 4 is 0 Å². The lowest BCUT2D eigenvalue weighted by atomic mass is 9.72. The first-order valence-corrected chi connectivity index (χ1v) is 7.94. The van der Waals surface area contributed by atoms with Crippen LogP contribution in [0.2, 0.25) is 0 Å². The van der Waals surface area contributed by atoms with Crippen molar-refractivity contribution in [3.63, 3.8) is 0 Å². The Bertz CT molecular complexity index is 205. The third kappa shape index (κ3) is 5.27. The van der Waals surface area contributed by atoms with Crippen molar-refractivity contribution in [2.24, 2.45) is 17.8 Å². The van der Waals surface area contributed by atoms with Gasteiger partial charge in [0.15, 0.2) is 0 Å². The van der Waals surface area contributed by atoms with Crippen LogP contribution in [0.1, 0.15) is 59.3 Å². The first kappa shape index (κ1) is 16.0. The molecule has 0 saturated heterocycles. The molecule has 1 aliphatic carbocycles. The molecule has 0 radical (unpaired) electrons. The molecule has 3 unspecified atom stereocenters. The summed E-state index contributed by atoms with van der Waals surface area (Å²) in [7, 11) is 2.12. The van der Waals surface area contributed by atoms with Gasteiger partial charge in [0, 0.05) is 19.3 Å². The summed E-state index contributed by atoms with van der Waals surface area (Å²) in [5.74, 6) is 2.58. The van der Waals surface area contributed by atoms with Crippen molar-refractivity contribution in [2.75, 3.05) is 20.3 Å². The minimum absolute atomic E-state index is 0.717. The highest BCUT2D eigenvalue weighted by atomic mass is 16.5. The predicted octanol–water partition coefficient (Wildman–Crippen LogP) is 3.85. The van der Waals surface area contributed by atoms with Gasteiger partial charge in [-0.1, -0.05) is 27.2 Å². The number of ether oxygens (including phenoxy) is 1. The Morgan fingerprint density at radius 1 is 1.22 bits per heavy atom. The zero-order chi connectivity index (χ0) is 13.4. The number of rotatable bonds is 8. The zero-order valence-corrected chi connectivity index (χ0v) is 12.9. The molecule has 0 spiro atoms. The molecule has 0 aromatic carbocycles. The van der Waals surface area contributed by atoms with Crippen LogP contribution in [0.25, 0.3) is 0 Å². The molecule has 1 saturated carbocycles. The van der Waals surface area contributed by atoms with Crippen LogP contribution in [0, 0.1) is 17.8 Å². The van der Waals surface area contributed by atoms with Crippen LogP contribution < -0.4 is 5.32 Å². The number of hydrogen-bond acceptors (Lipinski definition) is 2. The maximum atomic E-state index is 5.74. The van der Waals surface area contributed by atoms with Gasteiger partial charge in [-0.25, -0.2) is 0 Å². The second-order valence-electron chi connectivity index (χ2n) is 6.23. The highest BCUT2D eigenvalue weighted by molar-refractivity contribution is 4.85. The summed E-state index contributed by atoms with van der Waals surface area (Å²) in [5, 5.41) is 3.51. The molecule has 0 amide bonds. The molecule has 2 heteroatoms. The fraction of sp³-hybridized carbons (Fsp3) is 1.00. The van der Waals surface area contributed by atoms with Crippen LogP contribution in [0.15, 0.2) is 0 Å². The Kier molecular flexibility index (Phi) is 7.92. The van der Waals surface area contributed by atoms with E-state index in [0.29, 0.717) is 0 Å². The summed E-state index contributed by atoms with van der Waals surface area (Å²) >= 11 is 0. The topological polar surface area (TPSA) is 21.3 Å². The van der Waals surface area contributed by atoms with Crippen LogP contribution in [-0.2, 0) is 4.74 Å². The normalized spacial score (nSPS) is 28.8. The van der Waals surface area contributed by atoms with Gasteiger partial charge in [-0.3, -0.25) is 0 Å². The van der Waals surface area contributed by atoms with Crippen molar-refractivity contribution in [3.05, 3.63) is 0 Å². The van der Waals surface area contributed by atoms with Crippen molar-refractivity contribution < 1.29 is 4.74 Å². The smallest absolute Gasteiger partial charge is 0.0469 e. The molecule has 0 aliphatic heterocycles. The van der Waals surface area contributed by atoms with Crippen molar-refractivity contribution in [3.8, 4) is 0 Å². The van der Waals surface area contributed by atoms with Crippen LogP contribution in [0.3, 0.4) is 0 Å². The number of unbranched alkanes of at least 4 members (excludes halogenated alkanes) is 1. The van der Waals surface area contributed by atoms with Crippen molar-refractivity contribution in [2.45, 2.75) is 65.3 Å². The van der Waals surface area contributed by atoms with Crippen LogP contribution in [0.5, 0.6) is 0 Å². The summed E-state index contributed by atoms with van der Waals surface area (Å²) in [6, 6.07) is 0.717. The minimum Gasteiger partial charge on any atom is -0.381 e. The van der Waals surface area contributed by atoms with Gasteiger partial charge < -0.3 is 10.1 Å². The molecule has 108 valence electrons. The third-order valence-corrected chi connectivity index (χ3v) is 4.61. The van der Waals surface area contributed by atoms with E-state index in [2.05, 4.69) is 33.1 Å². The van der Waals surface area contributed by atoms with E-state index in [1.807, 2.05) is 0 Å². The van der Waals surface area contributed by atoms with Gasteiger partial charge in [0.2, 0.25) is 0 Å². The zero-order valence-electron chi connectivity index (χ0n) is 12.9. The lowest BCUT2D eigenvalue weighted by Gasteiger charge is -2.38. The van der Waals surface area contributed by atoms with Crippen molar-refractivity contribution in [1.29, 1.82) is 0 Å². The Morgan fingerprint density at radius 3 is 2.61 bits per heavy atom. The molecule has 2 nitrogen and oxygen atoms in total. The third-order valence-electron chi connectivity index (χ3n) is 4.61. The molecular weight excluding hydrogens is 222 g/mol. The fourth-order valence-electron chi connectivity index (χ4n) is 3.19. The van der Waals surface area contributed by atoms with E-state index in [4.69, 9.17) is 4.74 Å². The molecule has 0 aromatic heterocycles. The molecule has 1 fully saturated rings. The predicted molar refractivity (Wildman–Crippen MR) is 78.9 cm³/mol. The summed E-state index contributed by atoms with van der Waals surface area (Å²) in [6.07, 6.45) is 7.81. The number of nitrogens with one attached hydrogen (secondary N) is 1. The molecule has 0 bridgehead atoms. The monoisotopic (exact) mass is 255 g/mol. The van der Waals surface area contributed by atoms with E-state index in [0.717, 1.165) is 37.0 Å². The van der Waals surface area contributed by atoms with Gasteiger partial charge in [-0.2, -0.15) is 0 Å². The average Bonchev–Trinajstić information content (AvgIpc) is 2.38. The Morgan fingerprint density at radius 2 is 2.00 bits per heavy atom. The van der Waals surface area contributed by atoms with E-state index in [1.165, 1.54) is 38.5 Å². The largest absolute Gasteiger partial charge is 0.381 e. The first-order valence-electron chi connectivity index (χ1n) is 7.94. The Labute approximate surface area is 114 Å². The van der Waals surface area contributed by atoms with E-state index >= 15 is 0 Å². The standard InChI is InChI=1S/C16H33NO/c1-5-6-10-18-11-9-15-12-14(13(2)3)7-8-16(15)17-4/h13-17H,5-12H2,1-4H3. The first-order chi connectivity index (χ1) is 8.69. The summed E-state index contributed by atoms with van der Waals surface area (Å²) in [6.45, 7) is 8.86. The van der Waals surface area contributed by atoms with Crippen LogP contribution in [-0.4, -0.2) is 26.3 Å². The SMILES string of the molecule is CCCCOCCC1CC(C(C)C)CCC1NC. The maximum Gasteiger partial charge on any atom is 0.0469 e. The van der Waals surface area contributed by atoms with Gasteiger partial charge in [0.05, 0.1) is 0 Å². The van der Waals surface area contributed by atoms with Gasteiger partial charge in [-0.05, 0) is 56.9 Å². The van der Waals surface area contributed by atoms with Crippen molar-refractivity contribution in [1.82, 2.24) is 5.32 Å². The average molecular weight is 255 g/mol. The Balaban J connectivity index is 2.29. The van der Waals surface area contributed by atoms with E-state index in [-0.39, 0.29) is 0 Å². The molecule has 3 atom stereocenters. The number of hydrogen-bond donors (Lipinski definition) is 1. The molecule has 0 aromatic rings. The van der Waals surface area contributed by atoms with Gasteiger partial charge >= 0.3 is 0 Å². The molecule has 1 N–H and O–H groups in total. The van der Waals surface area contributed by atoms with Crippen LogP contribution >= 0.6 is 0 Å². The van der Waals surface area contributed by atoms with E-state index in [9.17, 15) is 0 Å². The molecule has 1 aliphatic rings. The quantitative estimate of drug-likeness (QED) is 0.665. The highest BCUT2D eigenvalue weighted by Crippen LogP contribution is 2.35. The molecule has 0 heterocycles. The second kappa shape index (κ2) is 8.92. The molecular formula is C16H33NO. The Hall–Kier alpha value is -0.0800. The maximum absolute atomic E-state index is 5.74. The van der Waals surface area contributed by atoms with Gasteiger partial charge in [-0.15, -0.1) is 0 Å². The lowest BCUT2D eigenvalue weighted by Crippen LogP contribution is -2.40. The fourth-order valence-corrected chi connectivity index (χ4v) is 3.19. The summed E-state index contributed by atoms with van der Waals surface area (Å²) in [5.41, 5.74) is 0. The van der Waals surface area contributed by atoms with Gasteiger partial charge in [0.1, 0.15) is 0 Å². The lowest BCUT2D eigenvalue weighted by molar-refractivity contribution is 0.0893. The van der Waals surface area contributed by atoms with E-state index < -0.39 is 0 Å². The summed E-state index contributed by atoms with van der Waals surface area (Å²) in [4.78, 5) is 0. The summed E-state index contributed by atoms with van der Waals surface area (Å²) < 4.78 is 5.74. The van der Waals surface area contributed by atoms with E-state index in [1.54, 1.807) is 0 Å². The molecule has 1 rings (SSSR count). The highest BCUT2D eigenvalue weighted by Gasteiger charge is 2.30. The molecule has 18 heavy (non-hydrogen) atoms. The minimum atomic E-state index is 0.717. The van der Waals surface area contributed by atoms with Crippen LogP contribution in [0.4, 0.5) is 0 Å². The van der Waals surface area contributed by atoms with Gasteiger partial charge in [0.25, 0.3) is 0 Å².